The third-order valence-corrected chi connectivity index (χ3v) is 3.14. The van der Waals surface area contributed by atoms with Gasteiger partial charge in [0, 0.05) is 18.8 Å². The van der Waals surface area contributed by atoms with Crippen molar-refractivity contribution in [1.82, 2.24) is 10.3 Å². The fourth-order valence-electron chi connectivity index (χ4n) is 2.15. The maximum atomic E-state index is 11.4. The van der Waals surface area contributed by atoms with Crippen LogP contribution in [0, 0.1) is 0 Å². The van der Waals surface area contributed by atoms with Crippen LogP contribution in [0.1, 0.15) is 29.6 Å². The molecular formula is C13H19N3O2. The largest absolute Gasteiger partial charge is 0.465 e. The molecule has 5 nitrogen and oxygen atoms in total. The summed E-state index contributed by atoms with van der Waals surface area (Å²) >= 11 is 0. The fraction of sp³-hybridized carbons (Fsp3) is 0.538. The molecule has 0 aromatic carbocycles. The molecule has 1 aliphatic heterocycles. The molecule has 98 valence electrons. The van der Waals surface area contributed by atoms with E-state index in [1.807, 2.05) is 0 Å². The molecule has 0 unspecified atom stereocenters. The van der Waals surface area contributed by atoms with Gasteiger partial charge in [0.2, 0.25) is 0 Å². The fourth-order valence-corrected chi connectivity index (χ4v) is 2.15. The van der Waals surface area contributed by atoms with Crippen LogP contribution in [0.4, 0.5) is 5.82 Å². The molecule has 5 heteroatoms. The van der Waals surface area contributed by atoms with Crippen LogP contribution in [0.5, 0.6) is 0 Å². The van der Waals surface area contributed by atoms with Crippen LogP contribution in [0.25, 0.3) is 0 Å². The highest BCUT2D eigenvalue weighted by molar-refractivity contribution is 5.89. The first kappa shape index (κ1) is 12.8. The smallest absolute Gasteiger partial charge is 0.338 e. The van der Waals surface area contributed by atoms with Gasteiger partial charge in [0.15, 0.2) is 0 Å². The van der Waals surface area contributed by atoms with Gasteiger partial charge in [0.1, 0.15) is 5.82 Å². The number of carbonyl (C=O) groups is 1. The van der Waals surface area contributed by atoms with Crippen LogP contribution < -0.4 is 10.6 Å². The van der Waals surface area contributed by atoms with Crippen molar-refractivity contribution in [2.45, 2.75) is 25.3 Å². The lowest BCUT2D eigenvalue weighted by atomic mass is 10.1. The number of esters is 1. The van der Waals surface area contributed by atoms with Crippen LogP contribution in [0.3, 0.4) is 0 Å². The van der Waals surface area contributed by atoms with Gasteiger partial charge in [-0.05, 0) is 37.9 Å². The molecule has 0 radical (unpaired) electrons. The van der Waals surface area contributed by atoms with E-state index in [9.17, 15) is 4.79 Å². The van der Waals surface area contributed by atoms with Crippen LogP contribution in [-0.4, -0.2) is 37.2 Å². The lowest BCUT2D eigenvalue weighted by Crippen LogP contribution is -2.24. The van der Waals surface area contributed by atoms with Gasteiger partial charge in [-0.25, -0.2) is 9.78 Å². The standard InChI is InChI=1S/C13H19N3O2/c1-18-13(17)10-4-7-15-12(9-10)16-8-5-11-3-2-6-14-11/h4,7,9,11,14H,2-3,5-6,8H2,1H3,(H,15,16)/t11-/m1/s1. The summed E-state index contributed by atoms with van der Waals surface area (Å²) in [5.74, 6) is 0.383. The van der Waals surface area contributed by atoms with Gasteiger partial charge in [0.05, 0.1) is 12.7 Å². The van der Waals surface area contributed by atoms with E-state index in [2.05, 4.69) is 20.4 Å². The van der Waals surface area contributed by atoms with E-state index in [1.165, 1.54) is 20.0 Å². The average molecular weight is 249 g/mol. The lowest BCUT2D eigenvalue weighted by molar-refractivity contribution is 0.0600. The zero-order chi connectivity index (χ0) is 12.8. The minimum absolute atomic E-state index is 0.335. The second-order valence-electron chi connectivity index (χ2n) is 4.43. The molecule has 2 N–H and O–H groups in total. The van der Waals surface area contributed by atoms with Crippen molar-refractivity contribution in [3.63, 3.8) is 0 Å². The maximum Gasteiger partial charge on any atom is 0.338 e. The van der Waals surface area contributed by atoms with E-state index in [0.29, 0.717) is 11.6 Å². The molecule has 0 bridgehead atoms. The topological polar surface area (TPSA) is 63.2 Å². The number of hydrogen-bond acceptors (Lipinski definition) is 5. The number of nitrogens with one attached hydrogen (secondary N) is 2. The molecule has 0 amide bonds. The summed E-state index contributed by atoms with van der Waals surface area (Å²) in [6, 6.07) is 3.98. The molecule has 1 aliphatic rings. The lowest BCUT2D eigenvalue weighted by Gasteiger charge is -2.11. The Kier molecular flexibility index (Phi) is 4.52. The molecule has 1 aromatic rings. The highest BCUT2D eigenvalue weighted by Crippen LogP contribution is 2.11. The molecule has 1 atom stereocenters. The Hall–Kier alpha value is -1.62. The number of carbonyl (C=O) groups excluding carboxylic acids is 1. The van der Waals surface area contributed by atoms with Gasteiger partial charge >= 0.3 is 5.97 Å². The van der Waals surface area contributed by atoms with Crippen LogP contribution in [0.2, 0.25) is 0 Å². The molecule has 2 heterocycles. The predicted octanol–water partition coefficient (Wildman–Crippen LogP) is 1.42. The number of ether oxygens (including phenoxy) is 1. The van der Waals surface area contributed by atoms with E-state index in [4.69, 9.17) is 0 Å². The normalized spacial score (nSPS) is 18.6. The van der Waals surface area contributed by atoms with Gasteiger partial charge in [-0.15, -0.1) is 0 Å². The Morgan fingerprint density at radius 1 is 1.67 bits per heavy atom. The van der Waals surface area contributed by atoms with Crippen LogP contribution >= 0.6 is 0 Å². The molecule has 0 spiro atoms. The number of anilines is 1. The van der Waals surface area contributed by atoms with Gasteiger partial charge in [-0.1, -0.05) is 0 Å². The van der Waals surface area contributed by atoms with Crippen molar-refractivity contribution in [2.24, 2.45) is 0 Å². The molecule has 0 saturated carbocycles. The molecule has 2 rings (SSSR count). The SMILES string of the molecule is COC(=O)c1ccnc(NCC[C@H]2CCCN2)c1. The predicted molar refractivity (Wildman–Crippen MR) is 69.7 cm³/mol. The van der Waals surface area contributed by atoms with Crippen molar-refractivity contribution in [1.29, 1.82) is 0 Å². The van der Waals surface area contributed by atoms with Gasteiger partial charge in [-0.2, -0.15) is 0 Å². The van der Waals surface area contributed by atoms with E-state index in [-0.39, 0.29) is 5.97 Å². The van der Waals surface area contributed by atoms with Crippen LogP contribution in [0.15, 0.2) is 18.3 Å². The number of aromatic nitrogens is 1. The van der Waals surface area contributed by atoms with Crippen molar-refractivity contribution in [2.75, 3.05) is 25.5 Å². The summed E-state index contributed by atoms with van der Waals surface area (Å²) < 4.78 is 4.67. The first-order chi connectivity index (χ1) is 8.79. The summed E-state index contributed by atoms with van der Waals surface area (Å²) in [7, 11) is 1.38. The Morgan fingerprint density at radius 3 is 3.28 bits per heavy atom. The molecule has 1 aromatic heterocycles. The Labute approximate surface area is 107 Å². The highest BCUT2D eigenvalue weighted by atomic mass is 16.5. The Bertz CT molecular complexity index is 403. The minimum Gasteiger partial charge on any atom is -0.465 e. The number of rotatable bonds is 5. The minimum atomic E-state index is -0.335. The first-order valence-corrected chi connectivity index (χ1v) is 6.31. The highest BCUT2D eigenvalue weighted by Gasteiger charge is 2.13. The molecular weight excluding hydrogens is 230 g/mol. The number of nitrogens with zero attached hydrogens (tertiary/aromatic N) is 1. The summed E-state index contributed by atoms with van der Waals surface area (Å²) in [4.78, 5) is 15.5. The molecule has 0 aliphatic carbocycles. The van der Waals surface area contributed by atoms with Gasteiger partial charge < -0.3 is 15.4 Å². The quantitative estimate of drug-likeness (QED) is 0.773. The summed E-state index contributed by atoms with van der Waals surface area (Å²) in [6.45, 7) is 1.98. The van der Waals surface area contributed by atoms with Crippen molar-refractivity contribution >= 4 is 11.8 Å². The van der Waals surface area contributed by atoms with E-state index in [1.54, 1.807) is 18.3 Å². The van der Waals surface area contributed by atoms with Gasteiger partial charge in [-0.3, -0.25) is 0 Å². The monoisotopic (exact) mass is 249 g/mol. The summed E-state index contributed by atoms with van der Waals surface area (Å²) in [5.41, 5.74) is 0.522. The van der Waals surface area contributed by atoms with Crippen molar-refractivity contribution in [3.05, 3.63) is 23.9 Å². The molecule has 18 heavy (non-hydrogen) atoms. The molecule has 1 fully saturated rings. The van der Waals surface area contributed by atoms with Crippen molar-refractivity contribution < 1.29 is 9.53 Å². The van der Waals surface area contributed by atoms with E-state index >= 15 is 0 Å². The van der Waals surface area contributed by atoms with Crippen LogP contribution in [-0.2, 0) is 4.74 Å². The third kappa shape index (κ3) is 3.43. The average Bonchev–Trinajstić information content (AvgIpc) is 2.91. The molecule has 1 saturated heterocycles. The zero-order valence-corrected chi connectivity index (χ0v) is 10.6. The summed E-state index contributed by atoms with van der Waals surface area (Å²) in [6.07, 6.45) is 5.20. The number of pyridine rings is 1. The maximum absolute atomic E-state index is 11.4. The summed E-state index contributed by atoms with van der Waals surface area (Å²) in [5, 5.41) is 6.68. The second kappa shape index (κ2) is 6.35. The van der Waals surface area contributed by atoms with Gasteiger partial charge in [0.25, 0.3) is 0 Å². The first-order valence-electron chi connectivity index (χ1n) is 6.31. The van der Waals surface area contributed by atoms with E-state index < -0.39 is 0 Å². The second-order valence-corrected chi connectivity index (χ2v) is 4.43. The van der Waals surface area contributed by atoms with Crippen molar-refractivity contribution in [3.8, 4) is 0 Å². The Balaban J connectivity index is 1.83. The van der Waals surface area contributed by atoms with E-state index in [0.717, 1.165) is 25.3 Å². The Morgan fingerprint density at radius 2 is 2.56 bits per heavy atom. The number of methoxy groups -OCH3 is 1. The number of hydrogen-bond donors (Lipinski definition) is 2. The zero-order valence-electron chi connectivity index (χ0n) is 10.6. The third-order valence-electron chi connectivity index (χ3n) is 3.14.